The van der Waals surface area contributed by atoms with Crippen molar-refractivity contribution in [2.75, 3.05) is 66.2 Å². The van der Waals surface area contributed by atoms with E-state index in [2.05, 4.69) is 51.0 Å². The number of rotatable bonds is 9. The molecule has 2 aliphatic rings. The van der Waals surface area contributed by atoms with E-state index in [1.165, 1.54) is 24.9 Å². The molecule has 0 atom stereocenters. The lowest BCUT2D eigenvalue weighted by atomic mass is 10.1. The first-order valence-electron chi connectivity index (χ1n) is 11.0. The van der Waals surface area contributed by atoms with Gasteiger partial charge in [0.1, 0.15) is 0 Å². The summed E-state index contributed by atoms with van der Waals surface area (Å²) in [5, 5.41) is 3.55. The summed E-state index contributed by atoms with van der Waals surface area (Å²) < 4.78 is 10.9. The molecule has 0 aliphatic carbocycles. The highest BCUT2D eigenvalue weighted by atomic mass is 127. The third-order valence-electron chi connectivity index (χ3n) is 5.81. The number of nitrogens with zero attached hydrogens (tertiary/aromatic N) is 4. The number of ether oxygens (including phenoxy) is 2. The maximum Gasteiger partial charge on any atom is 0.231 e. The Hall–Kier alpha value is -1.26. The fourth-order valence-corrected chi connectivity index (χ4v) is 3.95. The summed E-state index contributed by atoms with van der Waals surface area (Å²) in [5.74, 6) is 2.76. The molecule has 7 nitrogen and oxygen atoms in total. The fraction of sp³-hybridized carbons (Fsp3) is 0.682. The van der Waals surface area contributed by atoms with Gasteiger partial charge in [0.2, 0.25) is 6.79 Å². The van der Waals surface area contributed by atoms with Crippen LogP contribution in [0.2, 0.25) is 0 Å². The summed E-state index contributed by atoms with van der Waals surface area (Å²) >= 11 is 0. The van der Waals surface area contributed by atoms with Gasteiger partial charge >= 0.3 is 0 Å². The zero-order chi connectivity index (χ0) is 20.5. The van der Waals surface area contributed by atoms with Crippen molar-refractivity contribution in [3.8, 4) is 11.5 Å². The number of guanidine groups is 1. The molecule has 0 radical (unpaired) electrons. The topological polar surface area (TPSA) is 52.6 Å². The molecule has 0 spiro atoms. The first kappa shape index (κ1) is 25.0. The zero-order valence-corrected chi connectivity index (χ0v) is 21.1. The van der Waals surface area contributed by atoms with Crippen LogP contribution in [0.5, 0.6) is 11.5 Å². The van der Waals surface area contributed by atoms with Crippen LogP contribution in [0.15, 0.2) is 23.2 Å². The van der Waals surface area contributed by atoms with Gasteiger partial charge in [0.25, 0.3) is 0 Å². The maximum absolute atomic E-state index is 5.50. The molecule has 0 aromatic heterocycles. The minimum absolute atomic E-state index is 0. The lowest BCUT2D eigenvalue weighted by Gasteiger charge is -2.36. The van der Waals surface area contributed by atoms with Crippen molar-refractivity contribution in [2.24, 2.45) is 4.99 Å². The Kier molecular flexibility index (Phi) is 11.0. The number of hydrogen-bond donors (Lipinski definition) is 1. The molecule has 1 N–H and O–H groups in total. The fourth-order valence-electron chi connectivity index (χ4n) is 3.95. The second kappa shape index (κ2) is 13.2. The number of fused-ring (bicyclic) bond motifs is 1. The Labute approximate surface area is 198 Å². The highest BCUT2D eigenvalue weighted by molar-refractivity contribution is 14.0. The molecule has 3 rings (SSSR count). The molecular weight excluding hydrogens is 493 g/mol. The van der Waals surface area contributed by atoms with E-state index in [0.29, 0.717) is 6.79 Å². The van der Waals surface area contributed by atoms with E-state index in [0.717, 1.165) is 69.8 Å². The van der Waals surface area contributed by atoms with Gasteiger partial charge < -0.3 is 24.6 Å². The van der Waals surface area contributed by atoms with Gasteiger partial charge in [-0.2, -0.15) is 0 Å². The standard InChI is InChI=1S/C22H37N5O2.HI/c1-4-25(5-2)11-7-6-10-24-22(23-3)27-14-12-26(13-15-27)17-19-8-9-20-21(16-19)29-18-28-20;/h8-9,16H,4-7,10-15,17-18H2,1-3H3,(H,23,24);1H. The summed E-state index contributed by atoms with van der Waals surface area (Å²) in [6, 6.07) is 6.26. The van der Waals surface area contributed by atoms with Gasteiger partial charge in [0.15, 0.2) is 17.5 Å². The molecule has 8 heteroatoms. The molecule has 170 valence electrons. The molecule has 0 bridgehead atoms. The highest BCUT2D eigenvalue weighted by Crippen LogP contribution is 2.32. The van der Waals surface area contributed by atoms with E-state index >= 15 is 0 Å². The minimum atomic E-state index is 0. The van der Waals surface area contributed by atoms with Gasteiger partial charge in [0, 0.05) is 46.3 Å². The molecule has 2 heterocycles. The van der Waals surface area contributed by atoms with Crippen LogP contribution in [-0.4, -0.2) is 86.9 Å². The summed E-state index contributed by atoms with van der Waals surface area (Å²) in [4.78, 5) is 11.8. The second-order valence-corrected chi connectivity index (χ2v) is 7.66. The number of aliphatic imine (C=N–C) groups is 1. The number of hydrogen-bond acceptors (Lipinski definition) is 5. The van der Waals surface area contributed by atoms with Gasteiger partial charge in [-0.05, 0) is 50.2 Å². The van der Waals surface area contributed by atoms with Crippen LogP contribution in [-0.2, 0) is 6.54 Å². The first-order valence-corrected chi connectivity index (χ1v) is 11.0. The van der Waals surface area contributed by atoms with E-state index in [1.807, 2.05) is 13.1 Å². The molecule has 0 unspecified atom stereocenters. The predicted molar refractivity (Wildman–Crippen MR) is 133 cm³/mol. The Morgan fingerprint density at radius 1 is 1.07 bits per heavy atom. The maximum atomic E-state index is 5.50. The number of benzene rings is 1. The van der Waals surface area contributed by atoms with Gasteiger partial charge in [-0.3, -0.25) is 9.89 Å². The Bertz CT molecular complexity index is 661. The van der Waals surface area contributed by atoms with Crippen molar-refractivity contribution in [3.05, 3.63) is 23.8 Å². The summed E-state index contributed by atoms with van der Waals surface area (Å²) in [5.41, 5.74) is 1.28. The molecule has 0 saturated carbocycles. The molecule has 2 aliphatic heterocycles. The summed E-state index contributed by atoms with van der Waals surface area (Å²) in [6.07, 6.45) is 2.41. The first-order chi connectivity index (χ1) is 14.2. The molecule has 0 amide bonds. The van der Waals surface area contributed by atoms with Crippen LogP contribution >= 0.6 is 24.0 Å². The smallest absolute Gasteiger partial charge is 0.231 e. The van der Waals surface area contributed by atoms with Crippen LogP contribution < -0.4 is 14.8 Å². The summed E-state index contributed by atoms with van der Waals surface area (Å²) in [6.45, 7) is 14.3. The van der Waals surface area contributed by atoms with E-state index in [9.17, 15) is 0 Å². The summed E-state index contributed by atoms with van der Waals surface area (Å²) in [7, 11) is 1.89. The van der Waals surface area contributed by atoms with Gasteiger partial charge in [-0.25, -0.2) is 0 Å². The van der Waals surface area contributed by atoms with Crippen molar-refractivity contribution in [1.82, 2.24) is 20.0 Å². The van der Waals surface area contributed by atoms with E-state index < -0.39 is 0 Å². The average molecular weight is 531 g/mol. The lowest BCUT2D eigenvalue weighted by molar-refractivity contribution is 0.171. The van der Waals surface area contributed by atoms with Crippen LogP contribution in [0.1, 0.15) is 32.3 Å². The molecule has 30 heavy (non-hydrogen) atoms. The monoisotopic (exact) mass is 531 g/mol. The number of nitrogens with one attached hydrogen (secondary N) is 1. The Morgan fingerprint density at radius 3 is 2.50 bits per heavy atom. The van der Waals surface area contributed by atoms with Crippen LogP contribution in [0.3, 0.4) is 0 Å². The van der Waals surface area contributed by atoms with E-state index in [-0.39, 0.29) is 24.0 Å². The Balaban J connectivity index is 0.00000320. The number of halogens is 1. The minimum Gasteiger partial charge on any atom is -0.454 e. The van der Waals surface area contributed by atoms with Gasteiger partial charge in [-0.15, -0.1) is 24.0 Å². The average Bonchev–Trinajstić information content (AvgIpc) is 3.22. The van der Waals surface area contributed by atoms with Crippen LogP contribution in [0, 0.1) is 0 Å². The SMILES string of the molecule is CCN(CC)CCCCNC(=NC)N1CCN(Cc2ccc3c(c2)OCO3)CC1.I. The van der Waals surface area contributed by atoms with Gasteiger partial charge in [-0.1, -0.05) is 19.9 Å². The molecule has 1 aromatic rings. The van der Waals surface area contributed by atoms with E-state index in [1.54, 1.807) is 0 Å². The van der Waals surface area contributed by atoms with Crippen molar-refractivity contribution < 1.29 is 9.47 Å². The highest BCUT2D eigenvalue weighted by Gasteiger charge is 2.20. The van der Waals surface area contributed by atoms with Crippen LogP contribution in [0.25, 0.3) is 0 Å². The predicted octanol–water partition coefficient (Wildman–Crippen LogP) is 2.85. The number of piperazine rings is 1. The molecule has 1 saturated heterocycles. The van der Waals surface area contributed by atoms with Crippen molar-refractivity contribution in [2.45, 2.75) is 33.2 Å². The van der Waals surface area contributed by atoms with Crippen molar-refractivity contribution in [1.29, 1.82) is 0 Å². The molecule has 1 aromatic carbocycles. The second-order valence-electron chi connectivity index (χ2n) is 7.66. The Morgan fingerprint density at radius 2 is 1.80 bits per heavy atom. The van der Waals surface area contributed by atoms with Crippen LogP contribution in [0.4, 0.5) is 0 Å². The normalized spacial score (nSPS) is 16.7. The lowest BCUT2D eigenvalue weighted by Crippen LogP contribution is -2.52. The van der Waals surface area contributed by atoms with Gasteiger partial charge in [0.05, 0.1) is 0 Å². The largest absolute Gasteiger partial charge is 0.454 e. The third kappa shape index (κ3) is 7.16. The zero-order valence-electron chi connectivity index (χ0n) is 18.7. The van der Waals surface area contributed by atoms with Crippen molar-refractivity contribution in [3.63, 3.8) is 0 Å². The number of unbranched alkanes of at least 4 members (excludes halogenated alkanes) is 1. The quantitative estimate of drug-likeness (QED) is 0.229. The van der Waals surface area contributed by atoms with E-state index in [4.69, 9.17) is 9.47 Å². The third-order valence-corrected chi connectivity index (χ3v) is 5.81. The molecular formula is C22H38IN5O2. The molecule has 1 fully saturated rings. The van der Waals surface area contributed by atoms with Crippen molar-refractivity contribution >= 4 is 29.9 Å².